The normalized spacial score (nSPS) is 20.1. The highest BCUT2D eigenvalue weighted by atomic mass is 15.2. The number of likely N-dealkylation sites (tertiary alicyclic amines) is 1. The first kappa shape index (κ1) is 12.5. The fraction of sp³-hybridized carbons (Fsp3) is 0.429. The van der Waals surface area contributed by atoms with Gasteiger partial charge >= 0.3 is 0 Å². The molecule has 0 amide bonds. The lowest BCUT2D eigenvalue weighted by Gasteiger charge is -2.31. The van der Waals surface area contributed by atoms with Gasteiger partial charge in [-0.3, -0.25) is 15.0 Å². The van der Waals surface area contributed by atoms with Gasteiger partial charge in [-0.1, -0.05) is 0 Å². The number of hydrogen-bond acceptors (Lipinski definition) is 5. The van der Waals surface area contributed by atoms with Crippen molar-refractivity contribution < 1.29 is 0 Å². The zero-order valence-electron chi connectivity index (χ0n) is 11.7. The second kappa shape index (κ2) is 5.25. The Balaban J connectivity index is 1.51. The van der Waals surface area contributed by atoms with E-state index in [2.05, 4.69) is 35.0 Å². The molecule has 0 bridgehead atoms. The summed E-state index contributed by atoms with van der Waals surface area (Å²) in [5.41, 5.74) is 3.03. The van der Waals surface area contributed by atoms with E-state index in [1.807, 2.05) is 6.20 Å². The molecule has 4 rings (SSSR count). The van der Waals surface area contributed by atoms with E-state index in [9.17, 15) is 0 Å². The highest BCUT2D eigenvalue weighted by Crippen LogP contribution is 2.26. The average Bonchev–Trinajstić information content (AvgIpc) is 3.18. The van der Waals surface area contributed by atoms with E-state index < -0.39 is 0 Å². The lowest BCUT2D eigenvalue weighted by atomic mass is 9.97. The van der Waals surface area contributed by atoms with Gasteiger partial charge in [-0.25, -0.2) is 9.97 Å². The van der Waals surface area contributed by atoms with Gasteiger partial charge in [0.25, 0.3) is 0 Å². The van der Waals surface area contributed by atoms with Crippen LogP contribution in [0.15, 0.2) is 24.9 Å². The minimum absolute atomic E-state index is 0.442. The maximum absolute atomic E-state index is 4.43. The molecule has 7 nitrogen and oxygen atoms in total. The molecule has 1 atom stereocenters. The summed E-state index contributed by atoms with van der Waals surface area (Å²) in [6, 6.07) is 0. The van der Waals surface area contributed by atoms with Crippen molar-refractivity contribution in [2.75, 3.05) is 13.1 Å². The fourth-order valence-electron chi connectivity index (χ4n) is 3.10. The standard InChI is InChI=1S/C14H17N7/c1-2-10(13-18-9-19-20-13)7-21(5-1)8-11-6-17-14-12(11)15-3-4-16-14/h3-4,6,9-10H,1-2,5,7-8H2,(H,16,17)(H,18,19,20). The van der Waals surface area contributed by atoms with Gasteiger partial charge in [-0.05, 0) is 19.4 Å². The molecule has 4 heterocycles. The second-order valence-corrected chi connectivity index (χ2v) is 5.51. The molecule has 1 unspecified atom stereocenters. The molecule has 0 radical (unpaired) electrons. The van der Waals surface area contributed by atoms with Gasteiger partial charge < -0.3 is 4.98 Å². The quantitative estimate of drug-likeness (QED) is 0.760. The Hall–Kier alpha value is -2.28. The lowest BCUT2D eigenvalue weighted by molar-refractivity contribution is 0.197. The van der Waals surface area contributed by atoms with Crippen LogP contribution in [0.3, 0.4) is 0 Å². The molecule has 1 saturated heterocycles. The van der Waals surface area contributed by atoms with E-state index in [0.29, 0.717) is 5.92 Å². The van der Waals surface area contributed by atoms with Crippen LogP contribution in [0.4, 0.5) is 0 Å². The SMILES string of the molecule is c1n[nH]c(C2CCCN(Cc3c[nH]c4nccnc34)C2)n1. The summed E-state index contributed by atoms with van der Waals surface area (Å²) in [6.07, 6.45) is 9.40. The van der Waals surface area contributed by atoms with E-state index in [0.717, 1.165) is 36.6 Å². The van der Waals surface area contributed by atoms with Gasteiger partial charge in [0.1, 0.15) is 17.7 Å². The zero-order valence-corrected chi connectivity index (χ0v) is 11.7. The molecule has 2 N–H and O–H groups in total. The van der Waals surface area contributed by atoms with Crippen molar-refractivity contribution in [3.05, 3.63) is 36.3 Å². The number of piperidine rings is 1. The van der Waals surface area contributed by atoms with Crippen molar-refractivity contribution in [1.82, 2.24) is 35.0 Å². The van der Waals surface area contributed by atoms with Gasteiger partial charge in [-0.15, -0.1) is 0 Å². The Kier molecular flexibility index (Phi) is 3.11. The van der Waals surface area contributed by atoms with Crippen LogP contribution in [-0.2, 0) is 6.54 Å². The Morgan fingerprint density at radius 3 is 3.10 bits per heavy atom. The predicted octanol–water partition coefficient (Wildman–Crippen LogP) is 1.46. The number of aromatic nitrogens is 6. The highest BCUT2D eigenvalue weighted by Gasteiger charge is 2.24. The molecule has 0 spiro atoms. The topological polar surface area (TPSA) is 86.4 Å². The van der Waals surface area contributed by atoms with Gasteiger partial charge in [-0.2, -0.15) is 5.10 Å². The van der Waals surface area contributed by atoms with Crippen LogP contribution in [0.5, 0.6) is 0 Å². The fourth-order valence-corrected chi connectivity index (χ4v) is 3.10. The molecule has 1 fully saturated rings. The molecule has 1 aliphatic rings. The minimum Gasteiger partial charge on any atom is -0.344 e. The molecule has 108 valence electrons. The van der Waals surface area contributed by atoms with Crippen molar-refractivity contribution in [2.24, 2.45) is 0 Å². The summed E-state index contributed by atoms with van der Waals surface area (Å²) >= 11 is 0. The largest absolute Gasteiger partial charge is 0.344 e. The Labute approximate surface area is 121 Å². The van der Waals surface area contributed by atoms with Gasteiger partial charge in [0.2, 0.25) is 0 Å². The summed E-state index contributed by atoms with van der Waals surface area (Å²) in [6.45, 7) is 3.00. The third-order valence-electron chi connectivity index (χ3n) is 4.11. The highest BCUT2D eigenvalue weighted by molar-refractivity contribution is 5.74. The van der Waals surface area contributed by atoms with Crippen molar-refractivity contribution in [3.63, 3.8) is 0 Å². The van der Waals surface area contributed by atoms with Crippen molar-refractivity contribution in [3.8, 4) is 0 Å². The van der Waals surface area contributed by atoms with E-state index in [-0.39, 0.29) is 0 Å². The third kappa shape index (κ3) is 2.40. The van der Waals surface area contributed by atoms with Crippen LogP contribution >= 0.6 is 0 Å². The summed E-state index contributed by atoms with van der Waals surface area (Å²) in [5.74, 6) is 1.44. The molecule has 0 aliphatic carbocycles. The first-order valence-electron chi connectivity index (χ1n) is 7.25. The van der Waals surface area contributed by atoms with E-state index in [1.165, 1.54) is 18.4 Å². The number of fused-ring (bicyclic) bond motifs is 1. The Morgan fingerprint density at radius 1 is 1.24 bits per heavy atom. The summed E-state index contributed by atoms with van der Waals surface area (Å²) in [5, 5.41) is 6.96. The smallest absolute Gasteiger partial charge is 0.156 e. The van der Waals surface area contributed by atoms with Crippen molar-refractivity contribution >= 4 is 11.2 Å². The number of hydrogen-bond donors (Lipinski definition) is 2. The molecular formula is C14H17N7. The number of nitrogens with zero attached hydrogens (tertiary/aromatic N) is 5. The lowest BCUT2D eigenvalue weighted by Crippen LogP contribution is -2.34. The van der Waals surface area contributed by atoms with Crippen LogP contribution in [0.2, 0.25) is 0 Å². The van der Waals surface area contributed by atoms with Crippen LogP contribution in [0.1, 0.15) is 30.1 Å². The van der Waals surface area contributed by atoms with Crippen LogP contribution in [0.25, 0.3) is 11.2 Å². The number of nitrogens with one attached hydrogen (secondary N) is 2. The first-order valence-corrected chi connectivity index (χ1v) is 7.25. The number of H-pyrrole nitrogens is 2. The molecule has 1 aliphatic heterocycles. The molecule has 3 aromatic rings. The molecule has 21 heavy (non-hydrogen) atoms. The van der Waals surface area contributed by atoms with E-state index in [1.54, 1.807) is 18.7 Å². The van der Waals surface area contributed by atoms with Gasteiger partial charge in [0, 0.05) is 43.2 Å². The van der Waals surface area contributed by atoms with Crippen LogP contribution in [0, 0.1) is 0 Å². The minimum atomic E-state index is 0.442. The van der Waals surface area contributed by atoms with Crippen LogP contribution in [-0.4, -0.2) is 48.1 Å². The van der Waals surface area contributed by atoms with E-state index >= 15 is 0 Å². The predicted molar refractivity (Wildman–Crippen MR) is 77.5 cm³/mol. The van der Waals surface area contributed by atoms with Crippen molar-refractivity contribution in [1.29, 1.82) is 0 Å². The molecular weight excluding hydrogens is 266 g/mol. The first-order chi connectivity index (χ1) is 10.4. The summed E-state index contributed by atoms with van der Waals surface area (Å²) < 4.78 is 0. The van der Waals surface area contributed by atoms with Gasteiger partial charge in [0.05, 0.1) is 0 Å². The zero-order chi connectivity index (χ0) is 14.1. The number of rotatable bonds is 3. The molecule has 3 aromatic heterocycles. The maximum atomic E-state index is 4.43. The number of aromatic amines is 2. The van der Waals surface area contributed by atoms with Crippen molar-refractivity contribution in [2.45, 2.75) is 25.3 Å². The Morgan fingerprint density at radius 2 is 2.19 bits per heavy atom. The maximum Gasteiger partial charge on any atom is 0.156 e. The summed E-state index contributed by atoms with van der Waals surface area (Å²) in [4.78, 5) is 18.7. The molecule has 0 saturated carbocycles. The average molecular weight is 283 g/mol. The van der Waals surface area contributed by atoms with Gasteiger partial charge in [0.15, 0.2) is 5.65 Å². The molecule has 0 aromatic carbocycles. The Bertz CT molecular complexity index is 718. The third-order valence-corrected chi connectivity index (χ3v) is 4.11. The van der Waals surface area contributed by atoms with E-state index in [4.69, 9.17) is 0 Å². The second-order valence-electron chi connectivity index (χ2n) is 5.51. The molecule has 7 heteroatoms. The monoisotopic (exact) mass is 283 g/mol. The summed E-state index contributed by atoms with van der Waals surface area (Å²) in [7, 11) is 0. The van der Waals surface area contributed by atoms with Crippen LogP contribution < -0.4 is 0 Å².